The number of amides is 2. The van der Waals surface area contributed by atoms with Crippen molar-refractivity contribution in [2.75, 3.05) is 31.5 Å². The highest BCUT2D eigenvalue weighted by atomic mass is 16.2. The van der Waals surface area contributed by atoms with Gasteiger partial charge in [-0.15, -0.1) is 0 Å². The summed E-state index contributed by atoms with van der Waals surface area (Å²) >= 11 is 0. The zero-order chi connectivity index (χ0) is 15.2. The van der Waals surface area contributed by atoms with Crippen LogP contribution in [0.5, 0.6) is 0 Å². The maximum atomic E-state index is 12.3. The van der Waals surface area contributed by atoms with Gasteiger partial charge < -0.3 is 16.0 Å². The number of hydrogen-bond donors (Lipinski definition) is 2. The van der Waals surface area contributed by atoms with Gasteiger partial charge in [0.05, 0.1) is 0 Å². The first-order valence-electron chi connectivity index (χ1n) is 7.76. The fourth-order valence-electron chi connectivity index (χ4n) is 2.94. The maximum absolute atomic E-state index is 12.3. The molecule has 2 amide bonds. The first-order chi connectivity index (χ1) is 10.2. The molecule has 1 aromatic carbocycles. The quantitative estimate of drug-likeness (QED) is 0.873. The molecule has 3 N–H and O–H groups in total. The van der Waals surface area contributed by atoms with E-state index in [9.17, 15) is 4.79 Å². The summed E-state index contributed by atoms with van der Waals surface area (Å²) in [6, 6.07) is 8.17. The Labute approximate surface area is 127 Å². The van der Waals surface area contributed by atoms with Crippen molar-refractivity contribution in [3.63, 3.8) is 0 Å². The lowest BCUT2D eigenvalue weighted by Gasteiger charge is -2.26. The zero-order valence-corrected chi connectivity index (χ0v) is 13.0. The summed E-state index contributed by atoms with van der Waals surface area (Å²) in [5, 5.41) is 2.97. The number of anilines is 1. The van der Waals surface area contributed by atoms with Gasteiger partial charge in [-0.2, -0.15) is 0 Å². The molecule has 0 aromatic heterocycles. The molecular formula is C16H26N4O. The van der Waals surface area contributed by atoms with E-state index < -0.39 is 0 Å². The lowest BCUT2D eigenvalue weighted by Crippen LogP contribution is -2.39. The van der Waals surface area contributed by atoms with Gasteiger partial charge in [0.2, 0.25) is 0 Å². The molecule has 1 heterocycles. The number of rotatable bonds is 5. The number of carbonyl (C=O) groups excluding carboxylic acids is 1. The number of nitrogens with one attached hydrogen (secondary N) is 1. The normalized spacial score (nSPS) is 18.3. The second-order valence-electron chi connectivity index (χ2n) is 5.44. The Kier molecular flexibility index (Phi) is 5.59. The highest BCUT2D eigenvalue weighted by Gasteiger charge is 2.29. The van der Waals surface area contributed by atoms with Crippen LogP contribution in [0.15, 0.2) is 24.3 Å². The predicted octanol–water partition coefficient (Wildman–Crippen LogP) is 2.09. The van der Waals surface area contributed by atoms with Crippen molar-refractivity contribution in [1.82, 2.24) is 9.80 Å². The highest BCUT2D eigenvalue weighted by Crippen LogP contribution is 2.17. The van der Waals surface area contributed by atoms with Crippen LogP contribution in [-0.2, 0) is 6.54 Å². The smallest absolute Gasteiger partial charge is 0.321 e. The van der Waals surface area contributed by atoms with Crippen molar-refractivity contribution < 1.29 is 4.79 Å². The van der Waals surface area contributed by atoms with Crippen molar-refractivity contribution in [1.29, 1.82) is 0 Å². The van der Waals surface area contributed by atoms with Gasteiger partial charge in [-0.1, -0.05) is 26.0 Å². The summed E-state index contributed by atoms with van der Waals surface area (Å²) in [6.07, 6.45) is 1.05. The SMILES string of the molecule is CCN(CC)C1CCN(C(=O)Nc2cccc(CN)c2)C1. The lowest BCUT2D eigenvalue weighted by atomic mass is 10.2. The van der Waals surface area contributed by atoms with Gasteiger partial charge in [-0.05, 0) is 37.2 Å². The second kappa shape index (κ2) is 7.43. The van der Waals surface area contributed by atoms with Crippen LogP contribution in [0.1, 0.15) is 25.8 Å². The molecule has 1 aromatic rings. The third-order valence-corrected chi connectivity index (χ3v) is 4.19. The van der Waals surface area contributed by atoms with E-state index in [1.807, 2.05) is 29.2 Å². The van der Waals surface area contributed by atoms with Gasteiger partial charge >= 0.3 is 6.03 Å². The Balaban J connectivity index is 1.92. The largest absolute Gasteiger partial charge is 0.326 e. The molecule has 1 fully saturated rings. The van der Waals surface area contributed by atoms with Crippen LogP contribution in [0, 0.1) is 0 Å². The predicted molar refractivity (Wildman–Crippen MR) is 86.3 cm³/mol. The van der Waals surface area contributed by atoms with Crippen LogP contribution >= 0.6 is 0 Å². The molecule has 0 saturated carbocycles. The van der Waals surface area contributed by atoms with Gasteiger partial charge in [0.15, 0.2) is 0 Å². The van der Waals surface area contributed by atoms with Gasteiger partial charge in [0.25, 0.3) is 0 Å². The first kappa shape index (κ1) is 15.8. The number of carbonyl (C=O) groups is 1. The minimum atomic E-state index is -0.0150. The lowest BCUT2D eigenvalue weighted by molar-refractivity contribution is 0.202. The molecule has 1 saturated heterocycles. The second-order valence-corrected chi connectivity index (χ2v) is 5.44. The summed E-state index contributed by atoms with van der Waals surface area (Å²) in [5.41, 5.74) is 7.46. The van der Waals surface area contributed by atoms with E-state index in [0.717, 1.165) is 43.9 Å². The van der Waals surface area contributed by atoms with Crippen molar-refractivity contribution in [2.45, 2.75) is 32.9 Å². The topological polar surface area (TPSA) is 61.6 Å². The number of benzene rings is 1. The third-order valence-electron chi connectivity index (χ3n) is 4.19. The molecular weight excluding hydrogens is 264 g/mol. The number of likely N-dealkylation sites (N-methyl/N-ethyl adjacent to an activating group) is 1. The minimum absolute atomic E-state index is 0.0150. The Morgan fingerprint density at radius 3 is 2.86 bits per heavy atom. The first-order valence-corrected chi connectivity index (χ1v) is 7.76. The molecule has 0 spiro atoms. The fourth-order valence-corrected chi connectivity index (χ4v) is 2.94. The summed E-state index contributed by atoms with van der Waals surface area (Å²) in [7, 11) is 0. The van der Waals surface area contributed by atoms with E-state index in [2.05, 4.69) is 24.1 Å². The average Bonchev–Trinajstić information content (AvgIpc) is 2.98. The molecule has 5 nitrogen and oxygen atoms in total. The number of urea groups is 1. The number of likely N-dealkylation sites (tertiary alicyclic amines) is 1. The zero-order valence-electron chi connectivity index (χ0n) is 13.0. The van der Waals surface area contributed by atoms with Crippen LogP contribution < -0.4 is 11.1 Å². The Morgan fingerprint density at radius 2 is 2.19 bits per heavy atom. The number of nitrogens with two attached hydrogens (primary N) is 1. The number of hydrogen-bond acceptors (Lipinski definition) is 3. The number of nitrogens with zero attached hydrogens (tertiary/aromatic N) is 2. The molecule has 1 atom stereocenters. The molecule has 0 aliphatic carbocycles. The van der Waals surface area contributed by atoms with E-state index in [1.54, 1.807) is 0 Å². The third kappa shape index (κ3) is 3.95. The molecule has 1 unspecified atom stereocenters. The van der Waals surface area contributed by atoms with Gasteiger partial charge in [0, 0.05) is 31.4 Å². The van der Waals surface area contributed by atoms with Crippen LogP contribution in [0.2, 0.25) is 0 Å². The molecule has 5 heteroatoms. The fraction of sp³-hybridized carbons (Fsp3) is 0.562. The molecule has 21 heavy (non-hydrogen) atoms. The Morgan fingerprint density at radius 1 is 1.43 bits per heavy atom. The Hall–Kier alpha value is -1.59. The van der Waals surface area contributed by atoms with E-state index in [0.29, 0.717) is 12.6 Å². The van der Waals surface area contributed by atoms with Crippen LogP contribution in [0.25, 0.3) is 0 Å². The van der Waals surface area contributed by atoms with Crippen molar-refractivity contribution >= 4 is 11.7 Å². The molecule has 2 rings (SSSR count). The molecule has 116 valence electrons. The van der Waals surface area contributed by atoms with Crippen LogP contribution in [-0.4, -0.2) is 48.1 Å². The standard InChI is InChI=1S/C16H26N4O/c1-3-19(4-2)15-8-9-20(12-15)16(21)18-14-7-5-6-13(10-14)11-17/h5-7,10,15H,3-4,8-9,11-12,17H2,1-2H3,(H,18,21). The minimum Gasteiger partial charge on any atom is -0.326 e. The van der Waals surface area contributed by atoms with E-state index >= 15 is 0 Å². The van der Waals surface area contributed by atoms with Crippen molar-refractivity contribution in [2.24, 2.45) is 5.73 Å². The summed E-state index contributed by atoms with van der Waals surface area (Å²) in [4.78, 5) is 16.6. The van der Waals surface area contributed by atoms with Gasteiger partial charge in [0.1, 0.15) is 0 Å². The van der Waals surface area contributed by atoms with E-state index in [1.165, 1.54) is 0 Å². The van der Waals surface area contributed by atoms with E-state index in [4.69, 9.17) is 5.73 Å². The Bertz CT molecular complexity index is 473. The molecule has 0 radical (unpaired) electrons. The molecule has 1 aliphatic heterocycles. The van der Waals surface area contributed by atoms with Gasteiger partial charge in [-0.25, -0.2) is 4.79 Å². The summed E-state index contributed by atoms with van der Waals surface area (Å²) in [5.74, 6) is 0. The van der Waals surface area contributed by atoms with E-state index in [-0.39, 0.29) is 6.03 Å². The van der Waals surface area contributed by atoms with Crippen molar-refractivity contribution in [3.8, 4) is 0 Å². The van der Waals surface area contributed by atoms with Crippen LogP contribution in [0.3, 0.4) is 0 Å². The highest BCUT2D eigenvalue weighted by molar-refractivity contribution is 5.89. The summed E-state index contributed by atoms with van der Waals surface area (Å²) in [6.45, 7) is 8.53. The average molecular weight is 290 g/mol. The van der Waals surface area contributed by atoms with Crippen LogP contribution in [0.4, 0.5) is 10.5 Å². The molecule has 1 aliphatic rings. The molecule has 0 bridgehead atoms. The monoisotopic (exact) mass is 290 g/mol. The summed E-state index contributed by atoms with van der Waals surface area (Å²) < 4.78 is 0. The van der Waals surface area contributed by atoms with Gasteiger partial charge in [-0.3, -0.25) is 4.90 Å². The maximum Gasteiger partial charge on any atom is 0.321 e. The van der Waals surface area contributed by atoms with Crippen molar-refractivity contribution in [3.05, 3.63) is 29.8 Å².